The van der Waals surface area contributed by atoms with Crippen molar-refractivity contribution in [1.82, 2.24) is 4.90 Å². The van der Waals surface area contributed by atoms with Gasteiger partial charge < -0.3 is 10.6 Å². The molecule has 0 saturated heterocycles. The Morgan fingerprint density at radius 2 is 1.92 bits per heavy atom. The molecule has 12 heavy (non-hydrogen) atoms. The highest BCUT2D eigenvalue weighted by molar-refractivity contribution is 5.92. The summed E-state index contributed by atoms with van der Waals surface area (Å²) >= 11 is 0. The minimum atomic E-state index is 0.0884. The second-order valence-electron chi connectivity index (χ2n) is 2.60. The Kier molecular flexibility index (Phi) is 5.37. The number of hydrogen-bond donors (Lipinski definition) is 1. The highest BCUT2D eigenvalue weighted by atomic mass is 16.2. The molecule has 0 aliphatic carbocycles. The molecular formula is C9H18N2O. The van der Waals surface area contributed by atoms with Gasteiger partial charge in [0.25, 0.3) is 0 Å². The standard InChI is InChI=1S/C9H18N2O/c1-4-11(5-2)9(12)8(3)6-7-10/h6H,4-5,7,10H2,1-3H3. The van der Waals surface area contributed by atoms with E-state index < -0.39 is 0 Å². The molecular weight excluding hydrogens is 152 g/mol. The second kappa shape index (κ2) is 5.77. The Labute approximate surface area is 74.2 Å². The number of carbonyl (C=O) groups is 1. The lowest BCUT2D eigenvalue weighted by Crippen LogP contribution is -2.31. The zero-order valence-corrected chi connectivity index (χ0v) is 8.13. The first-order chi connectivity index (χ1) is 5.67. The molecule has 0 fully saturated rings. The SMILES string of the molecule is CCN(CC)C(=O)C(C)=CCN. The highest BCUT2D eigenvalue weighted by Crippen LogP contribution is 1.99. The molecule has 0 bridgehead atoms. The van der Waals surface area contributed by atoms with Crippen LogP contribution >= 0.6 is 0 Å². The van der Waals surface area contributed by atoms with Gasteiger partial charge in [0.15, 0.2) is 0 Å². The predicted molar refractivity (Wildman–Crippen MR) is 50.7 cm³/mol. The first kappa shape index (κ1) is 11.2. The summed E-state index contributed by atoms with van der Waals surface area (Å²) in [5.74, 6) is 0.0884. The molecule has 0 aromatic rings. The number of carbonyl (C=O) groups excluding carboxylic acids is 1. The molecule has 0 aliphatic heterocycles. The van der Waals surface area contributed by atoms with Gasteiger partial charge in [-0.25, -0.2) is 0 Å². The van der Waals surface area contributed by atoms with E-state index in [-0.39, 0.29) is 5.91 Å². The molecule has 0 aliphatic rings. The van der Waals surface area contributed by atoms with Crippen molar-refractivity contribution in [2.75, 3.05) is 19.6 Å². The van der Waals surface area contributed by atoms with Gasteiger partial charge in [0.2, 0.25) is 5.91 Å². The Balaban J connectivity index is 4.25. The van der Waals surface area contributed by atoms with Crippen molar-refractivity contribution in [3.63, 3.8) is 0 Å². The van der Waals surface area contributed by atoms with E-state index in [2.05, 4.69) is 0 Å². The zero-order valence-electron chi connectivity index (χ0n) is 8.13. The van der Waals surface area contributed by atoms with Crippen molar-refractivity contribution in [3.8, 4) is 0 Å². The van der Waals surface area contributed by atoms with E-state index in [0.717, 1.165) is 18.7 Å². The minimum absolute atomic E-state index is 0.0884. The monoisotopic (exact) mass is 170 g/mol. The van der Waals surface area contributed by atoms with Crippen molar-refractivity contribution in [1.29, 1.82) is 0 Å². The van der Waals surface area contributed by atoms with E-state index in [4.69, 9.17) is 5.73 Å². The lowest BCUT2D eigenvalue weighted by atomic mass is 10.2. The van der Waals surface area contributed by atoms with E-state index in [0.29, 0.717) is 6.54 Å². The van der Waals surface area contributed by atoms with Crippen LogP contribution in [-0.4, -0.2) is 30.4 Å². The van der Waals surface area contributed by atoms with Gasteiger partial charge in [-0.3, -0.25) is 4.79 Å². The third kappa shape index (κ3) is 3.05. The summed E-state index contributed by atoms with van der Waals surface area (Å²) in [6.07, 6.45) is 1.75. The van der Waals surface area contributed by atoms with Gasteiger partial charge in [0.1, 0.15) is 0 Å². The van der Waals surface area contributed by atoms with Crippen molar-refractivity contribution >= 4 is 5.91 Å². The molecule has 0 aromatic carbocycles. The van der Waals surface area contributed by atoms with Crippen LogP contribution in [0.2, 0.25) is 0 Å². The fraction of sp³-hybridized carbons (Fsp3) is 0.667. The summed E-state index contributed by atoms with van der Waals surface area (Å²) < 4.78 is 0. The number of likely N-dealkylation sites (N-methyl/N-ethyl adjacent to an activating group) is 1. The maximum Gasteiger partial charge on any atom is 0.249 e. The van der Waals surface area contributed by atoms with Gasteiger partial charge in [-0.05, 0) is 20.8 Å². The first-order valence-corrected chi connectivity index (χ1v) is 4.33. The average Bonchev–Trinajstić information content (AvgIpc) is 2.07. The van der Waals surface area contributed by atoms with Crippen LogP contribution in [0, 0.1) is 0 Å². The van der Waals surface area contributed by atoms with Crippen LogP contribution in [0.3, 0.4) is 0 Å². The van der Waals surface area contributed by atoms with Crippen LogP contribution in [0.4, 0.5) is 0 Å². The smallest absolute Gasteiger partial charge is 0.249 e. The number of hydrogen-bond acceptors (Lipinski definition) is 2. The summed E-state index contributed by atoms with van der Waals surface area (Å²) in [7, 11) is 0. The Bertz CT molecular complexity index is 171. The number of nitrogens with two attached hydrogens (primary N) is 1. The van der Waals surface area contributed by atoms with Gasteiger partial charge in [-0.1, -0.05) is 6.08 Å². The van der Waals surface area contributed by atoms with E-state index in [1.807, 2.05) is 13.8 Å². The molecule has 3 nitrogen and oxygen atoms in total. The maximum absolute atomic E-state index is 11.5. The molecule has 1 amide bonds. The number of nitrogens with zero attached hydrogens (tertiary/aromatic N) is 1. The lowest BCUT2D eigenvalue weighted by Gasteiger charge is -2.18. The van der Waals surface area contributed by atoms with Crippen LogP contribution in [-0.2, 0) is 4.79 Å². The highest BCUT2D eigenvalue weighted by Gasteiger charge is 2.09. The van der Waals surface area contributed by atoms with Crippen molar-refractivity contribution < 1.29 is 4.79 Å². The van der Waals surface area contributed by atoms with Crippen molar-refractivity contribution in [2.24, 2.45) is 5.73 Å². The summed E-state index contributed by atoms with van der Waals surface area (Å²) in [5.41, 5.74) is 6.04. The Hall–Kier alpha value is -0.830. The lowest BCUT2D eigenvalue weighted by molar-refractivity contribution is -0.126. The van der Waals surface area contributed by atoms with Gasteiger partial charge >= 0.3 is 0 Å². The molecule has 0 aromatic heterocycles. The molecule has 0 radical (unpaired) electrons. The Morgan fingerprint density at radius 3 is 2.25 bits per heavy atom. The van der Waals surface area contributed by atoms with E-state index in [1.165, 1.54) is 0 Å². The Morgan fingerprint density at radius 1 is 1.42 bits per heavy atom. The zero-order chi connectivity index (χ0) is 9.56. The second-order valence-corrected chi connectivity index (χ2v) is 2.60. The van der Waals surface area contributed by atoms with Crippen molar-refractivity contribution in [3.05, 3.63) is 11.6 Å². The predicted octanol–water partition coefficient (Wildman–Crippen LogP) is 0.760. The fourth-order valence-electron chi connectivity index (χ4n) is 1.02. The van der Waals surface area contributed by atoms with Crippen LogP contribution in [0.5, 0.6) is 0 Å². The number of amides is 1. The molecule has 70 valence electrons. The van der Waals surface area contributed by atoms with Gasteiger partial charge in [-0.15, -0.1) is 0 Å². The molecule has 3 heteroatoms. The molecule has 0 spiro atoms. The summed E-state index contributed by atoms with van der Waals surface area (Å²) in [5, 5.41) is 0. The summed E-state index contributed by atoms with van der Waals surface area (Å²) in [4.78, 5) is 13.3. The third-order valence-electron chi connectivity index (χ3n) is 1.81. The third-order valence-corrected chi connectivity index (χ3v) is 1.81. The van der Waals surface area contributed by atoms with Crippen LogP contribution in [0.15, 0.2) is 11.6 Å². The normalized spacial score (nSPS) is 11.5. The van der Waals surface area contributed by atoms with E-state index in [1.54, 1.807) is 17.9 Å². The molecule has 2 N–H and O–H groups in total. The van der Waals surface area contributed by atoms with Crippen LogP contribution in [0.25, 0.3) is 0 Å². The molecule has 0 rings (SSSR count). The van der Waals surface area contributed by atoms with Crippen molar-refractivity contribution in [2.45, 2.75) is 20.8 Å². The van der Waals surface area contributed by atoms with Gasteiger partial charge in [-0.2, -0.15) is 0 Å². The average molecular weight is 170 g/mol. The van der Waals surface area contributed by atoms with E-state index in [9.17, 15) is 4.79 Å². The largest absolute Gasteiger partial charge is 0.340 e. The number of rotatable bonds is 4. The maximum atomic E-state index is 11.5. The van der Waals surface area contributed by atoms with Crippen LogP contribution < -0.4 is 5.73 Å². The summed E-state index contributed by atoms with van der Waals surface area (Å²) in [6.45, 7) is 7.68. The van der Waals surface area contributed by atoms with Gasteiger partial charge in [0, 0.05) is 25.2 Å². The quantitative estimate of drug-likeness (QED) is 0.633. The topological polar surface area (TPSA) is 46.3 Å². The minimum Gasteiger partial charge on any atom is -0.340 e. The molecule has 0 saturated carbocycles. The molecule has 0 unspecified atom stereocenters. The fourth-order valence-corrected chi connectivity index (χ4v) is 1.02. The van der Waals surface area contributed by atoms with Crippen LogP contribution in [0.1, 0.15) is 20.8 Å². The summed E-state index contributed by atoms with van der Waals surface area (Å²) in [6, 6.07) is 0. The molecule has 0 heterocycles. The van der Waals surface area contributed by atoms with Gasteiger partial charge in [0.05, 0.1) is 0 Å². The first-order valence-electron chi connectivity index (χ1n) is 4.33. The molecule has 0 atom stereocenters. The van der Waals surface area contributed by atoms with E-state index >= 15 is 0 Å².